The van der Waals surface area contributed by atoms with Crippen LogP contribution in [0.4, 0.5) is 0 Å². The standard InChI is InChI=1S/C13H15N3/c1-9-2-4-12(14-7-9)10-3-5-13-11(6-10)8-15-16-13/h3-6,8-9,14H,2,7H2,1H3,(H,15,16). The van der Waals surface area contributed by atoms with Gasteiger partial charge in [-0.3, -0.25) is 5.10 Å². The molecule has 0 aliphatic carbocycles. The summed E-state index contributed by atoms with van der Waals surface area (Å²) in [4.78, 5) is 0. The average Bonchev–Trinajstić information content (AvgIpc) is 2.77. The van der Waals surface area contributed by atoms with Crippen LogP contribution in [0, 0.1) is 5.92 Å². The summed E-state index contributed by atoms with van der Waals surface area (Å²) in [5.41, 5.74) is 3.59. The van der Waals surface area contributed by atoms with E-state index in [0.29, 0.717) is 0 Å². The summed E-state index contributed by atoms with van der Waals surface area (Å²) >= 11 is 0. The first-order chi connectivity index (χ1) is 7.83. The third kappa shape index (κ3) is 1.58. The number of allylic oxidation sites excluding steroid dienone is 1. The Morgan fingerprint density at radius 1 is 1.38 bits per heavy atom. The minimum atomic E-state index is 0.737. The van der Waals surface area contributed by atoms with Gasteiger partial charge in [0.15, 0.2) is 0 Å². The molecule has 2 N–H and O–H groups in total. The van der Waals surface area contributed by atoms with Crippen molar-refractivity contribution in [2.24, 2.45) is 5.92 Å². The molecular weight excluding hydrogens is 198 g/mol. The molecule has 1 aliphatic rings. The van der Waals surface area contributed by atoms with Gasteiger partial charge in [0.05, 0.1) is 11.7 Å². The number of aromatic amines is 1. The number of H-pyrrole nitrogens is 1. The van der Waals surface area contributed by atoms with Crippen molar-refractivity contribution >= 4 is 16.6 Å². The van der Waals surface area contributed by atoms with E-state index in [9.17, 15) is 0 Å². The molecule has 0 spiro atoms. The second kappa shape index (κ2) is 3.67. The highest BCUT2D eigenvalue weighted by Gasteiger charge is 2.10. The number of benzene rings is 1. The lowest BCUT2D eigenvalue weighted by Crippen LogP contribution is -2.23. The number of rotatable bonds is 1. The fourth-order valence-electron chi connectivity index (χ4n) is 2.09. The fraction of sp³-hybridized carbons (Fsp3) is 0.308. The van der Waals surface area contributed by atoms with Crippen LogP contribution < -0.4 is 5.32 Å². The summed E-state index contributed by atoms with van der Waals surface area (Å²) in [5.74, 6) is 0.737. The lowest BCUT2D eigenvalue weighted by atomic mass is 10.00. The van der Waals surface area contributed by atoms with Crippen LogP contribution in [-0.4, -0.2) is 16.7 Å². The maximum Gasteiger partial charge on any atom is 0.0650 e. The molecule has 1 aliphatic heterocycles. The normalized spacial score (nSPS) is 20.6. The van der Waals surface area contributed by atoms with Crippen molar-refractivity contribution in [3.05, 3.63) is 36.0 Å². The van der Waals surface area contributed by atoms with Gasteiger partial charge in [-0.15, -0.1) is 0 Å². The molecule has 0 amide bonds. The zero-order valence-corrected chi connectivity index (χ0v) is 9.33. The van der Waals surface area contributed by atoms with Gasteiger partial charge >= 0.3 is 0 Å². The van der Waals surface area contributed by atoms with Crippen LogP contribution in [0.15, 0.2) is 30.5 Å². The van der Waals surface area contributed by atoms with Gasteiger partial charge in [0, 0.05) is 17.6 Å². The van der Waals surface area contributed by atoms with Gasteiger partial charge in [-0.1, -0.05) is 19.1 Å². The predicted octanol–water partition coefficient (Wildman–Crippen LogP) is 2.53. The number of nitrogens with one attached hydrogen (secondary N) is 2. The summed E-state index contributed by atoms with van der Waals surface area (Å²) in [6.45, 7) is 3.33. The molecule has 1 atom stereocenters. The molecule has 82 valence electrons. The van der Waals surface area contributed by atoms with Crippen molar-refractivity contribution in [2.45, 2.75) is 13.3 Å². The molecular formula is C13H15N3. The quantitative estimate of drug-likeness (QED) is 0.764. The maximum absolute atomic E-state index is 4.03. The second-order valence-electron chi connectivity index (χ2n) is 4.51. The first-order valence-electron chi connectivity index (χ1n) is 5.70. The average molecular weight is 213 g/mol. The van der Waals surface area contributed by atoms with Crippen molar-refractivity contribution in [2.75, 3.05) is 6.54 Å². The SMILES string of the molecule is CC1CC=C(c2ccc3[nH]ncc3c2)NC1. The van der Waals surface area contributed by atoms with E-state index in [1.54, 1.807) is 0 Å². The summed E-state index contributed by atoms with van der Waals surface area (Å²) < 4.78 is 0. The van der Waals surface area contributed by atoms with E-state index < -0.39 is 0 Å². The summed E-state index contributed by atoms with van der Waals surface area (Å²) in [6, 6.07) is 6.39. The number of hydrogen-bond acceptors (Lipinski definition) is 2. The fourth-order valence-corrected chi connectivity index (χ4v) is 2.09. The summed E-state index contributed by atoms with van der Waals surface area (Å²) in [6.07, 6.45) is 5.31. The molecule has 0 bridgehead atoms. The molecule has 0 saturated carbocycles. The second-order valence-corrected chi connectivity index (χ2v) is 4.51. The number of aromatic nitrogens is 2. The Bertz CT molecular complexity index is 539. The zero-order valence-electron chi connectivity index (χ0n) is 9.33. The van der Waals surface area contributed by atoms with Gasteiger partial charge in [-0.05, 0) is 30.0 Å². The Kier molecular flexibility index (Phi) is 2.17. The minimum absolute atomic E-state index is 0.737. The first kappa shape index (κ1) is 9.46. The molecule has 3 heteroatoms. The van der Waals surface area contributed by atoms with Crippen molar-refractivity contribution in [3.8, 4) is 0 Å². The van der Waals surface area contributed by atoms with Crippen LogP contribution in [0.2, 0.25) is 0 Å². The van der Waals surface area contributed by atoms with Gasteiger partial charge in [-0.2, -0.15) is 5.10 Å². The lowest BCUT2D eigenvalue weighted by molar-refractivity contribution is 0.550. The predicted molar refractivity (Wildman–Crippen MR) is 65.9 cm³/mol. The highest BCUT2D eigenvalue weighted by atomic mass is 15.1. The monoisotopic (exact) mass is 213 g/mol. The molecule has 3 nitrogen and oxygen atoms in total. The van der Waals surface area contributed by atoms with E-state index in [2.05, 4.69) is 46.7 Å². The molecule has 2 aromatic rings. The maximum atomic E-state index is 4.03. The van der Waals surface area contributed by atoms with Gasteiger partial charge in [0.25, 0.3) is 0 Å². The molecule has 2 heterocycles. The molecule has 0 radical (unpaired) electrons. The van der Waals surface area contributed by atoms with Crippen molar-refractivity contribution in [1.29, 1.82) is 0 Å². The van der Waals surface area contributed by atoms with E-state index in [0.717, 1.165) is 24.4 Å². The van der Waals surface area contributed by atoms with E-state index >= 15 is 0 Å². The Labute approximate surface area is 94.6 Å². The van der Waals surface area contributed by atoms with E-state index in [1.165, 1.54) is 16.6 Å². The Hall–Kier alpha value is -1.77. The summed E-state index contributed by atoms with van der Waals surface area (Å²) in [7, 11) is 0. The third-order valence-electron chi connectivity index (χ3n) is 3.12. The molecule has 0 saturated heterocycles. The van der Waals surface area contributed by atoms with E-state index in [4.69, 9.17) is 0 Å². The largest absolute Gasteiger partial charge is 0.385 e. The van der Waals surface area contributed by atoms with Gasteiger partial charge in [0.2, 0.25) is 0 Å². The molecule has 16 heavy (non-hydrogen) atoms. The Morgan fingerprint density at radius 2 is 2.31 bits per heavy atom. The van der Waals surface area contributed by atoms with Crippen molar-refractivity contribution in [1.82, 2.24) is 15.5 Å². The van der Waals surface area contributed by atoms with Gasteiger partial charge in [0.1, 0.15) is 0 Å². The first-order valence-corrected chi connectivity index (χ1v) is 5.70. The van der Waals surface area contributed by atoms with Gasteiger partial charge in [-0.25, -0.2) is 0 Å². The molecule has 1 unspecified atom stereocenters. The van der Waals surface area contributed by atoms with Gasteiger partial charge < -0.3 is 5.32 Å². The van der Waals surface area contributed by atoms with Crippen LogP contribution in [-0.2, 0) is 0 Å². The van der Waals surface area contributed by atoms with Crippen molar-refractivity contribution in [3.63, 3.8) is 0 Å². The highest BCUT2D eigenvalue weighted by Crippen LogP contribution is 2.22. The minimum Gasteiger partial charge on any atom is -0.385 e. The van der Waals surface area contributed by atoms with E-state index in [-0.39, 0.29) is 0 Å². The topological polar surface area (TPSA) is 40.7 Å². The summed E-state index contributed by atoms with van der Waals surface area (Å²) in [5, 5.41) is 11.6. The van der Waals surface area contributed by atoms with E-state index in [1.807, 2.05) is 6.20 Å². The molecule has 1 aromatic carbocycles. The third-order valence-corrected chi connectivity index (χ3v) is 3.12. The van der Waals surface area contributed by atoms with Crippen LogP contribution in [0.3, 0.4) is 0 Å². The Balaban J connectivity index is 1.99. The molecule has 0 fully saturated rings. The number of hydrogen-bond donors (Lipinski definition) is 2. The number of fused-ring (bicyclic) bond motifs is 1. The number of nitrogens with zero attached hydrogens (tertiary/aromatic N) is 1. The van der Waals surface area contributed by atoms with Crippen LogP contribution >= 0.6 is 0 Å². The Morgan fingerprint density at radius 3 is 3.12 bits per heavy atom. The zero-order chi connectivity index (χ0) is 11.0. The smallest absolute Gasteiger partial charge is 0.0650 e. The highest BCUT2D eigenvalue weighted by molar-refractivity contribution is 5.82. The van der Waals surface area contributed by atoms with Crippen molar-refractivity contribution < 1.29 is 0 Å². The van der Waals surface area contributed by atoms with Crippen LogP contribution in [0.1, 0.15) is 18.9 Å². The molecule has 3 rings (SSSR count). The van der Waals surface area contributed by atoms with Crippen LogP contribution in [0.5, 0.6) is 0 Å². The van der Waals surface area contributed by atoms with Crippen LogP contribution in [0.25, 0.3) is 16.6 Å². The lowest BCUT2D eigenvalue weighted by Gasteiger charge is -2.20. The molecule has 1 aromatic heterocycles.